The van der Waals surface area contributed by atoms with Crippen LogP contribution in [-0.4, -0.2) is 77.0 Å². The van der Waals surface area contributed by atoms with Crippen LogP contribution in [0.5, 0.6) is 0 Å². The molecule has 7 heteroatoms. The van der Waals surface area contributed by atoms with Crippen LogP contribution in [-0.2, 0) is 14.3 Å². The second kappa shape index (κ2) is 19.2. The molecule has 0 saturated carbocycles. The molecule has 0 bridgehead atoms. The second-order valence-corrected chi connectivity index (χ2v) is 11.3. The highest BCUT2D eigenvalue weighted by molar-refractivity contribution is 5.80. The Morgan fingerprint density at radius 2 is 1.80 bits per heavy atom. The van der Waals surface area contributed by atoms with E-state index in [1.54, 1.807) is 20.1 Å². The number of carbonyl (C=O) groups excluding carboxylic acids is 1. The van der Waals surface area contributed by atoms with E-state index in [2.05, 4.69) is 89.6 Å². The Bertz CT molecular complexity index is 990. The molecule has 1 atom stereocenters. The summed E-state index contributed by atoms with van der Waals surface area (Å²) >= 11 is 0. The second-order valence-electron chi connectivity index (χ2n) is 11.3. The standard InChI is InChI=1S/C25H38N4O2.C6H12O.C3H6/c1-5-6-7-9-22-12-13-29(25(22)26-21(2)27(3)14-17-30-4)24-11-8-10-23(20-24)28-15-18-31-19-16-28;1-5(7)6(2,3)4;1-3-2/h5-6,8-11,20,25-26H,2,7,12-19H2,1,3-4H3;1-4H3;3H,1H2,2H3/b6-5+,22-9+;;. The van der Waals surface area contributed by atoms with Gasteiger partial charge in [-0.15, -0.1) is 6.58 Å². The number of Topliss-reactive ketones (excluding diaryl/α,β-unsaturated/α-hetero) is 1. The highest BCUT2D eigenvalue weighted by Gasteiger charge is 2.30. The predicted molar refractivity (Wildman–Crippen MR) is 176 cm³/mol. The molecular weight excluding hydrogens is 512 g/mol. The third-order valence-corrected chi connectivity index (χ3v) is 7.04. The molecule has 3 rings (SSSR count). The number of hydrogen-bond donors (Lipinski definition) is 1. The molecule has 0 aliphatic carbocycles. The summed E-state index contributed by atoms with van der Waals surface area (Å²) in [7, 11) is 3.78. The molecule has 1 aromatic carbocycles. The number of morpholine rings is 1. The lowest BCUT2D eigenvalue weighted by Gasteiger charge is -2.34. The van der Waals surface area contributed by atoms with E-state index in [-0.39, 0.29) is 17.4 Å². The molecular formula is C34H56N4O3. The molecule has 0 radical (unpaired) electrons. The van der Waals surface area contributed by atoms with Crippen molar-refractivity contribution in [2.75, 3.05) is 70.0 Å². The van der Waals surface area contributed by atoms with Crippen molar-refractivity contribution in [1.82, 2.24) is 10.2 Å². The van der Waals surface area contributed by atoms with Crippen molar-refractivity contribution in [2.24, 2.45) is 5.41 Å². The molecule has 1 unspecified atom stereocenters. The number of rotatable bonds is 10. The topological polar surface area (TPSA) is 57.3 Å². The Morgan fingerprint density at radius 3 is 2.37 bits per heavy atom. The van der Waals surface area contributed by atoms with E-state index in [0.29, 0.717) is 6.61 Å². The molecule has 0 amide bonds. The highest BCUT2D eigenvalue weighted by atomic mass is 16.5. The molecule has 230 valence electrons. The van der Waals surface area contributed by atoms with Crippen LogP contribution in [0.1, 0.15) is 54.4 Å². The van der Waals surface area contributed by atoms with Gasteiger partial charge in [-0.1, -0.05) is 57.7 Å². The maximum atomic E-state index is 10.5. The van der Waals surface area contributed by atoms with Gasteiger partial charge in [-0.05, 0) is 57.4 Å². The Kier molecular flexibility index (Phi) is 16.8. The summed E-state index contributed by atoms with van der Waals surface area (Å²) in [6.07, 6.45) is 10.5. The minimum atomic E-state index is -0.139. The molecule has 2 heterocycles. The molecule has 1 N–H and O–H groups in total. The normalized spacial score (nSPS) is 17.9. The summed E-state index contributed by atoms with van der Waals surface area (Å²) in [6.45, 7) is 24.9. The number of carbonyl (C=O) groups is 1. The first-order valence-electron chi connectivity index (χ1n) is 14.7. The van der Waals surface area contributed by atoms with Crippen LogP contribution in [0, 0.1) is 5.41 Å². The van der Waals surface area contributed by atoms with Gasteiger partial charge in [-0.2, -0.15) is 0 Å². The first kappa shape index (κ1) is 36.0. The lowest BCUT2D eigenvalue weighted by molar-refractivity contribution is -0.124. The van der Waals surface area contributed by atoms with Crippen molar-refractivity contribution >= 4 is 17.2 Å². The van der Waals surface area contributed by atoms with Gasteiger partial charge in [-0.25, -0.2) is 0 Å². The molecule has 2 saturated heterocycles. The summed E-state index contributed by atoms with van der Waals surface area (Å²) in [4.78, 5) is 17.5. The van der Waals surface area contributed by atoms with Gasteiger partial charge < -0.3 is 29.5 Å². The third-order valence-electron chi connectivity index (χ3n) is 7.04. The molecule has 2 aliphatic rings. The molecule has 2 aliphatic heterocycles. The van der Waals surface area contributed by atoms with Crippen molar-refractivity contribution in [3.05, 3.63) is 73.1 Å². The van der Waals surface area contributed by atoms with Gasteiger partial charge in [0.15, 0.2) is 0 Å². The minimum Gasteiger partial charge on any atom is -0.383 e. The maximum absolute atomic E-state index is 10.5. The highest BCUT2D eigenvalue weighted by Crippen LogP contribution is 2.32. The number of nitrogens with zero attached hydrogens (tertiary/aromatic N) is 3. The average Bonchev–Trinajstić information content (AvgIpc) is 3.34. The summed E-state index contributed by atoms with van der Waals surface area (Å²) in [5.74, 6) is 1.16. The zero-order valence-corrected chi connectivity index (χ0v) is 27.0. The lowest BCUT2D eigenvalue weighted by atomic mass is 9.92. The fourth-order valence-corrected chi connectivity index (χ4v) is 4.05. The SMILES string of the molecule is C=C(NC1/C(=C/C/C=C/C)CCN1c1cccc(N2CCOCC2)c1)N(C)CCOC.C=CC.CC(=O)C(C)(C)C. The number of benzene rings is 1. The third kappa shape index (κ3) is 13.0. The minimum absolute atomic E-state index is 0.0997. The number of allylic oxidation sites excluding steroid dienone is 4. The van der Waals surface area contributed by atoms with Gasteiger partial charge >= 0.3 is 0 Å². The van der Waals surface area contributed by atoms with Crippen LogP contribution >= 0.6 is 0 Å². The number of hydrogen-bond acceptors (Lipinski definition) is 7. The van der Waals surface area contributed by atoms with Crippen molar-refractivity contribution in [1.29, 1.82) is 0 Å². The fraction of sp³-hybridized carbons (Fsp3) is 0.559. The number of nitrogens with one attached hydrogen (secondary N) is 1. The van der Waals surface area contributed by atoms with E-state index in [1.807, 2.05) is 27.7 Å². The van der Waals surface area contributed by atoms with Crippen molar-refractivity contribution in [3.63, 3.8) is 0 Å². The number of ketones is 1. The molecule has 1 aromatic rings. The summed E-state index contributed by atoms with van der Waals surface area (Å²) in [5.41, 5.74) is 3.78. The van der Waals surface area contributed by atoms with Crippen LogP contribution in [0.2, 0.25) is 0 Å². The van der Waals surface area contributed by atoms with Crippen molar-refractivity contribution < 1.29 is 14.3 Å². The lowest BCUT2D eigenvalue weighted by Crippen LogP contribution is -2.45. The van der Waals surface area contributed by atoms with Crippen LogP contribution in [0.25, 0.3) is 0 Å². The van der Waals surface area contributed by atoms with Crippen LogP contribution < -0.4 is 15.1 Å². The molecule has 2 fully saturated rings. The largest absolute Gasteiger partial charge is 0.383 e. The Balaban J connectivity index is 0.000000723. The Hall–Kier alpha value is -3.03. The number of methoxy groups -OCH3 is 1. The summed E-state index contributed by atoms with van der Waals surface area (Å²) < 4.78 is 10.8. The summed E-state index contributed by atoms with van der Waals surface area (Å²) in [5, 5.41) is 3.69. The molecule has 41 heavy (non-hydrogen) atoms. The quantitative estimate of drug-likeness (QED) is 0.328. The van der Waals surface area contributed by atoms with Gasteiger partial charge in [-0.3, -0.25) is 4.79 Å². The number of anilines is 2. The fourth-order valence-electron chi connectivity index (χ4n) is 4.05. The summed E-state index contributed by atoms with van der Waals surface area (Å²) in [6, 6.07) is 8.89. The first-order valence-corrected chi connectivity index (χ1v) is 14.7. The van der Waals surface area contributed by atoms with E-state index in [4.69, 9.17) is 9.47 Å². The monoisotopic (exact) mass is 568 g/mol. The molecule has 7 nitrogen and oxygen atoms in total. The number of likely N-dealkylation sites (N-methyl/N-ethyl adjacent to an activating group) is 1. The van der Waals surface area contributed by atoms with Crippen LogP contribution in [0.3, 0.4) is 0 Å². The van der Waals surface area contributed by atoms with E-state index >= 15 is 0 Å². The van der Waals surface area contributed by atoms with Gasteiger partial charge in [0.05, 0.1) is 25.6 Å². The van der Waals surface area contributed by atoms with Gasteiger partial charge in [0.2, 0.25) is 0 Å². The van der Waals surface area contributed by atoms with Gasteiger partial charge in [0.1, 0.15) is 11.9 Å². The van der Waals surface area contributed by atoms with E-state index in [0.717, 1.165) is 58.1 Å². The predicted octanol–water partition coefficient (Wildman–Crippen LogP) is 6.40. The van der Waals surface area contributed by atoms with Gasteiger partial charge in [0.25, 0.3) is 0 Å². The van der Waals surface area contributed by atoms with Crippen LogP contribution in [0.4, 0.5) is 11.4 Å². The van der Waals surface area contributed by atoms with Gasteiger partial charge in [0, 0.05) is 57.1 Å². The van der Waals surface area contributed by atoms with E-state index in [9.17, 15) is 4.79 Å². The molecule has 0 aromatic heterocycles. The maximum Gasteiger partial charge on any atom is 0.135 e. The molecule has 0 spiro atoms. The smallest absolute Gasteiger partial charge is 0.135 e. The first-order chi connectivity index (χ1) is 19.5. The van der Waals surface area contributed by atoms with Crippen LogP contribution in [0.15, 0.2) is 73.1 Å². The average molecular weight is 569 g/mol. The van der Waals surface area contributed by atoms with Crippen molar-refractivity contribution in [2.45, 2.75) is 60.5 Å². The zero-order chi connectivity index (χ0) is 30.8. The van der Waals surface area contributed by atoms with E-state index in [1.165, 1.54) is 16.9 Å². The zero-order valence-electron chi connectivity index (χ0n) is 27.0. The van der Waals surface area contributed by atoms with Crippen molar-refractivity contribution in [3.8, 4) is 0 Å². The Labute approximate surface area is 250 Å². The Morgan fingerprint density at radius 1 is 1.20 bits per heavy atom. The number of ether oxygens (including phenoxy) is 2. The van der Waals surface area contributed by atoms with E-state index < -0.39 is 0 Å².